The molecule has 1 N–H and O–H groups in total. The van der Waals surface area contributed by atoms with Gasteiger partial charge in [-0.15, -0.1) is 0 Å². The standard InChI is InChI=1S/C3H10OSi.C2N2O4S/c1-5(2,3)4;5-1-3-9(7,8)4-2-6/h4H,1-3H3;. The predicted molar refractivity (Wildman–Crippen MR) is 50.7 cm³/mol. The Balaban J connectivity index is 0. The van der Waals surface area contributed by atoms with Gasteiger partial charge in [0.25, 0.3) is 12.2 Å². The largest absolute Gasteiger partial charge is 0.433 e. The highest BCUT2D eigenvalue weighted by atomic mass is 32.2. The Morgan fingerprint density at radius 2 is 1.29 bits per heavy atom. The maximum atomic E-state index is 9.97. The first kappa shape index (κ1) is 15.4. The van der Waals surface area contributed by atoms with Gasteiger partial charge in [-0.25, -0.2) is 9.59 Å². The Morgan fingerprint density at radius 1 is 1.07 bits per heavy atom. The van der Waals surface area contributed by atoms with Crippen LogP contribution in [0.4, 0.5) is 0 Å². The van der Waals surface area contributed by atoms with Crippen molar-refractivity contribution in [3.8, 4) is 0 Å². The third kappa shape index (κ3) is 22.4. The van der Waals surface area contributed by atoms with Crippen LogP contribution in [-0.4, -0.2) is 33.7 Å². The lowest BCUT2D eigenvalue weighted by molar-refractivity contribution is 0.559. The van der Waals surface area contributed by atoms with Crippen molar-refractivity contribution in [1.82, 2.24) is 0 Å². The van der Waals surface area contributed by atoms with Crippen molar-refractivity contribution in [2.45, 2.75) is 19.6 Å². The first-order valence-electron chi connectivity index (χ1n) is 3.28. The fraction of sp³-hybridized carbons (Fsp3) is 0.600. The molecular weight excluding hydrogens is 228 g/mol. The van der Waals surface area contributed by atoms with Crippen LogP contribution in [0.3, 0.4) is 0 Å². The molecule has 0 aliphatic carbocycles. The van der Waals surface area contributed by atoms with Crippen molar-refractivity contribution in [2.75, 3.05) is 0 Å². The van der Waals surface area contributed by atoms with E-state index in [4.69, 9.17) is 4.80 Å². The summed E-state index contributed by atoms with van der Waals surface area (Å²) >= 11 is 0. The minimum atomic E-state index is -4.28. The number of isocyanates is 2. The highest BCUT2D eigenvalue weighted by molar-refractivity contribution is 7.89. The van der Waals surface area contributed by atoms with Crippen LogP contribution in [0.15, 0.2) is 8.80 Å². The van der Waals surface area contributed by atoms with Gasteiger partial charge in [-0.05, 0) is 19.6 Å². The van der Waals surface area contributed by atoms with E-state index in [1.165, 1.54) is 0 Å². The van der Waals surface area contributed by atoms with Gasteiger partial charge in [-0.1, -0.05) is 8.80 Å². The molecule has 9 heteroatoms. The summed E-state index contributed by atoms with van der Waals surface area (Å²) in [5.41, 5.74) is 0. The van der Waals surface area contributed by atoms with E-state index < -0.39 is 18.5 Å². The van der Waals surface area contributed by atoms with Gasteiger partial charge < -0.3 is 4.80 Å². The van der Waals surface area contributed by atoms with Gasteiger partial charge in [-0.3, -0.25) is 0 Å². The number of rotatable bonds is 2. The van der Waals surface area contributed by atoms with Crippen LogP contribution < -0.4 is 0 Å². The van der Waals surface area contributed by atoms with Crippen LogP contribution in [0.2, 0.25) is 19.6 Å². The fourth-order valence-corrected chi connectivity index (χ4v) is 0.344. The smallest absolute Gasteiger partial charge is 0.383 e. The molecular formula is C5H10N2O5SSi. The zero-order valence-electron chi connectivity index (χ0n) is 7.88. The van der Waals surface area contributed by atoms with Gasteiger partial charge in [-0.2, -0.15) is 8.42 Å². The molecule has 0 rings (SSSR count). The van der Waals surface area contributed by atoms with Gasteiger partial charge in [0.05, 0.1) is 0 Å². The van der Waals surface area contributed by atoms with E-state index in [1.807, 2.05) is 19.6 Å². The number of nitrogens with zero attached hydrogens (tertiary/aromatic N) is 2. The summed E-state index contributed by atoms with van der Waals surface area (Å²) < 4.78 is 24.3. The zero-order chi connectivity index (χ0) is 11.8. The molecule has 14 heavy (non-hydrogen) atoms. The molecule has 0 aliphatic heterocycles. The zero-order valence-corrected chi connectivity index (χ0v) is 9.70. The number of hydrogen-bond donors (Lipinski definition) is 1. The van der Waals surface area contributed by atoms with Crippen LogP contribution in [0.25, 0.3) is 0 Å². The van der Waals surface area contributed by atoms with Gasteiger partial charge in [0.2, 0.25) is 0 Å². The second kappa shape index (κ2) is 6.36. The van der Waals surface area contributed by atoms with Crippen molar-refractivity contribution in [3.63, 3.8) is 0 Å². The molecule has 0 heterocycles. The Bertz CT molecular complexity index is 328. The lowest BCUT2D eigenvalue weighted by Gasteiger charge is -2.00. The molecule has 0 radical (unpaired) electrons. The molecule has 0 saturated carbocycles. The maximum absolute atomic E-state index is 9.97. The highest BCUT2D eigenvalue weighted by Gasteiger charge is 2.03. The lowest BCUT2D eigenvalue weighted by Crippen LogP contribution is -2.17. The third-order valence-corrected chi connectivity index (χ3v) is 0.916. The predicted octanol–water partition coefficient (Wildman–Crippen LogP) is -0.284. The molecule has 0 bridgehead atoms. The summed E-state index contributed by atoms with van der Waals surface area (Å²) in [6.07, 6.45) is 1.41. The second-order valence-electron chi connectivity index (χ2n) is 2.98. The number of hydrogen-bond acceptors (Lipinski definition) is 5. The van der Waals surface area contributed by atoms with Crippen LogP contribution >= 0.6 is 0 Å². The first-order chi connectivity index (χ1) is 6.12. The summed E-state index contributed by atoms with van der Waals surface area (Å²) in [4.78, 5) is 27.1. The normalized spacial score (nSPS) is 10.0. The van der Waals surface area contributed by atoms with Crippen molar-refractivity contribution in [3.05, 3.63) is 0 Å². The van der Waals surface area contributed by atoms with Crippen LogP contribution in [0.5, 0.6) is 0 Å². The average Bonchev–Trinajstić information content (AvgIpc) is 1.81. The van der Waals surface area contributed by atoms with E-state index in [1.54, 1.807) is 0 Å². The van der Waals surface area contributed by atoms with E-state index in [0.717, 1.165) is 0 Å². The Labute approximate surface area is 82.5 Å². The molecule has 0 aliphatic rings. The van der Waals surface area contributed by atoms with E-state index in [0.29, 0.717) is 12.2 Å². The van der Waals surface area contributed by atoms with Crippen LogP contribution in [0, 0.1) is 0 Å². The molecule has 0 unspecified atom stereocenters. The van der Waals surface area contributed by atoms with Crippen molar-refractivity contribution < 1.29 is 22.8 Å². The minimum absolute atomic E-state index is 0.707. The topological polar surface area (TPSA) is 113 Å². The molecule has 0 aromatic carbocycles. The van der Waals surface area contributed by atoms with Crippen molar-refractivity contribution >= 4 is 30.7 Å². The fourth-order valence-electron chi connectivity index (χ4n) is 0.115. The first-order valence-corrected chi connectivity index (χ1v) is 8.12. The van der Waals surface area contributed by atoms with Gasteiger partial charge in [0, 0.05) is 0 Å². The van der Waals surface area contributed by atoms with Gasteiger partial charge >= 0.3 is 10.2 Å². The monoisotopic (exact) mass is 238 g/mol. The van der Waals surface area contributed by atoms with E-state index in [9.17, 15) is 18.0 Å². The van der Waals surface area contributed by atoms with E-state index in [2.05, 4.69) is 8.80 Å². The quantitative estimate of drug-likeness (QED) is 0.403. The molecule has 0 spiro atoms. The molecule has 0 atom stereocenters. The summed E-state index contributed by atoms with van der Waals surface area (Å²) in [6, 6.07) is 0. The van der Waals surface area contributed by atoms with Crippen LogP contribution in [0.1, 0.15) is 0 Å². The lowest BCUT2D eigenvalue weighted by atomic mass is 11.7. The van der Waals surface area contributed by atoms with E-state index >= 15 is 0 Å². The molecule has 0 amide bonds. The summed E-state index contributed by atoms with van der Waals surface area (Å²) in [5, 5.41) is 0. The van der Waals surface area contributed by atoms with E-state index in [-0.39, 0.29) is 0 Å². The third-order valence-electron chi connectivity index (χ3n) is 0.305. The Hall–Kier alpha value is -1.11. The molecule has 7 nitrogen and oxygen atoms in total. The average molecular weight is 238 g/mol. The molecule has 80 valence electrons. The summed E-state index contributed by atoms with van der Waals surface area (Å²) in [6.45, 7) is 5.65. The van der Waals surface area contributed by atoms with Crippen LogP contribution in [-0.2, 0) is 19.8 Å². The molecule has 0 fully saturated rings. The second-order valence-corrected chi connectivity index (χ2v) is 8.59. The molecule has 0 saturated heterocycles. The van der Waals surface area contributed by atoms with Crippen molar-refractivity contribution in [2.24, 2.45) is 8.80 Å². The Kier molecular flexibility index (Phi) is 6.98. The van der Waals surface area contributed by atoms with Gasteiger partial charge in [0.15, 0.2) is 8.32 Å². The molecule has 0 aromatic heterocycles. The van der Waals surface area contributed by atoms with Gasteiger partial charge in [0.1, 0.15) is 0 Å². The highest BCUT2D eigenvalue weighted by Crippen LogP contribution is 1.88. The van der Waals surface area contributed by atoms with Crippen molar-refractivity contribution in [1.29, 1.82) is 0 Å². The Morgan fingerprint density at radius 3 is 1.43 bits per heavy atom. The number of carbonyl (C=O) groups excluding carboxylic acids is 2. The molecule has 0 aromatic rings. The summed E-state index contributed by atoms with van der Waals surface area (Å²) in [5.74, 6) is 0. The summed E-state index contributed by atoms with van der Waals surface area (Å²) in [7, 11) is -5.89. The minimum Gasteiger partial charge on any atom is -0.433 e. The maximum Gasteiger partial charge on any atom is 0.383 e. The SMILES string of the molecule is C[Si](C)(C)O.O=C=NS(=O)(=O)N=C=O.